The van der Waals surface area contributed by atoms with E-state index in [0.717, 1.165) is 29.9 Å². The summed E-state index contributed by atoms with van der Waals surface area (Å²) in [6, 6.07) is 13.4. The third-order valence-corrected chi connectivity index (χ3v) is 5.40. The first-order valence-electron chi connectivity index (χ1n) is 8.91. The van der Waals surface area contributed by atoms with Crippen LogP contribution in [0, 0.1) is 11.8 Å². The Morgan fingerprint density at radius 3 is 2.52 bits per heavy atom. The first-order chi connectivity index (χ1) is 12.1. The highest BCUT2D eigenvalue weighted by Gasteiger charge is 2.47. The van der Waals surface area contributed by atoms with Crippen LogP contribution in [-0.4, -0.2) is 16.9 Å². The van der Waals surface area contributed by atoms with Gasteiger partial charge in [0.1, 0.15) is 0 Å². The van der Waals surface area contributed by atoms with Crippen molar-refractivity contribution in [3.8, 4) is 0 Å². The summed E-state index contributed by atoms with van der Waals surface area (Å²) in [4.78, 5) is 29.3. The lowest BCUT2D eigenvalue weighted by Crippen LogP contribution is -2.51. The van der Waals surface area contributed by atoms with Crippen molar-refractivity contribution in [2.45, 2.75) is 38.8 Å². The fourth-order valence-corrected chi connectivity index (χ4v) is 4.16. The Labute approximate surface area is 147 Å². The maximum absolute atomic E-state index is 12.4. The van der Waals surface area contributed by atoms with E-state index in [-0.39, 0.29) is 29.5 Å². The molecule has 1 aromatic heterocycles. The average Bonchev–Trinajstić information content (AvgIpc) is 3.42. The zero-order chi connectivity index (χ0) is 17.6. The summed E-state index contributed by atoms with van der Waals surface area (Å²) >= 11 is 0. The summed E-state index contributed by atoms with van der Waals surface area (Å²) in [6.07, 6.45) is 2.32. The van der Waals surface area contributed by atoms with Crippen LogP contribution < -0.4 is 15.8 Å². The van der Waals surface area contributed by atoms with E-state index in [2.05, 4.69) is 17.2 Å². The molecule has 2 aromatic rings. The highest BCUT2D eigenvalue weighted by molar-refractivity contribution is 5.93. The van der Waals surface area contributed by atoms with Crippen LogP contribution in [0.5, 0.6) is 0 Å². The summed E-state index contributed by atoms with van der Waals surface area (Å²) < 4.78 is 0. The van der Waals surface area contributed by atoms with E-state index in [4.69, 9.17) is 0 Å². The Morgan fingerprint density at radius 2 is 1.88 bits per heavy atom. The van der Waals surface area contributed by atoms with Crippen molar-refractivity contribution in [3.63, 3.8) is 0 Å². The number of para-hydroxylation sites is 1. The Hall–Kier alpha value is -2.56. The van der Waals surface area contributed by atoms with E-state index in [0.29, 0.717) is 5.92 Å². The van der Waals surface area contributed by atoms with Crippen LogP contribution in [-0.2, 0) is 4.79 Å². The lowest BCUT2D eigenvalue weighted by atomic mass is 9.82. The topological polar surface area (TPSA) is 65.2 Å². The zero-order valence-corrected chi connectivity index (χ0v) is 14.5. The minimum atomic E-state index is -0.140. The summed E-state index contributed by atoms with van der Waals surface area (Å²) in [6.45, 7) is 3.79. The first kappa shape index (κ1) is 15.9. The number of carbonyl (C=O) groups excluding carboxylic acids is 1. The maximum atomic E-state index is 12.4. The molecule has 0 radical (unpaired) electrons. The SMILES string of the molecule is CC(=O)N1c2ccc(=O)[nH]c2[C@H](Nc2ccccc2)[C@@H](C)[C@@H]1C1CC1. The Bertz CT molecular complexity index is 842. The maximum Gasteiger partial charge on any atom is 0.248 e. The molecule has 4 rings (SSSR count). The Morgan fingerprint density at radius 1 is 1.16 bits per heavy atom. The molecule has 130 valence electrons. The molecule has 1 amide bonds. The van der Waals surface area contributed by atoms with Crippen LogP contribution in [0.15, 0.2) is 47.3 Å². The van der Waals surface area contributed by atoms with Crippen molar-refractivity contribution < 1.29 is 4.79 Å². The van der Waals surface area contributed by atoms with Crippen molar-refractivity contribution >= 4 is 17.3 Å². The molecule has 5 nitrogen and oxygen atoms in total. The van der Waals surface area contributed by atoms with Gasteiger partial charge in [0.2, 0.25) is 11.5 Å². The summed E-state index contributed by atoms with van der Waals surface area (Å²) in [5.74, 6) is 0.774. The number of H-pyrrole nitrogens is 1. The number of benzene rings is 1. The second kappa shape index (κ2) is 6.06. The van der Waals surface area contributed by atoms with Gasteiger partial charge >= 0.3 is 0 Å². The fraction of sp³-hybridized carbons (Fsp3) is 0.400. The molecule has 3 atom stereocenters. The number of anilines is 2. The highest BCUT2D eigenvalue weighted by Crippen LogP contribution is 2.49. The molecule has 2 aliphatic rings. The van der Waals surface area contributed by atoms with Gasteiger partial charge in [0, 0.05) is 30.6 Å². The van der Waals surface area contributed by atoms with Gasteiger partial charge in [0.15, 0.2) is 0 Å². The van der Waals surface area contributed by atoms with E-state index >= 15 is 0 Å². The lowest BCUT2D eigenvalue weighted by molar-refractivity contribution is -0.117. The predicted molar refractivity (Wildman–Crippen MR) is 98.7 cm³/mol. The molecular formula is C20H23N3O2. The number of nitrogens with zero attached hydrogens (tertiary/aromatic N) is 1. The molecule has 1 aliphatic heterocycles. The van der Waals surface area contributed by atoms with Gasteiger partial charge in [-0.05, 0) is 37.0 Å². The number of hydrogen-bond acceptors (Lipinski definition) is 3. The van der Waals surface area contributed by atoms with Crippen LogP contribution >= 0.6 is 0 Å². The number of carbonyl (C=O) groups is 1. The third-order valence-electron chi connectivity index (χ3n) is 5.40. The molecule has 0 unspecified atom stereocenters. The Kier molecular flexibility index (Phi) is 3.86. The molecular weight excluding hydrogens is 314 g/mol. The van der Waals surface area contributed by atoms with Crippen LogP contribution in [0.1, 0.15) is 38.4 Å². The number of nitrogens with one attached hydrogen (secondary N) is 2. The normalized spacial score (nSPS) is 25.4. The van der Waals surface area contributed by atoms with Gasteiger partial charge in [-0.3, -0.25) is 9.59 Å². The monoisotopic (exact) mass is 337 g/mol. The Balaban J connectivity index is 1.82. The third kappa shape index (κ3) is 2.84. The van der Waals surface area contributed by atoms with Crippen molar-refractivity contribution in [1.82, 2.24) is 4.98 Å². The van der Waals surface area contributed by atoms with Crippen molar-refractivity contribution in [2.24, 2.45) is 11.8 Å². The van der Waals surface area contributed by atoms with Gasteiger partial charge in [-0.2, -0.15) is 0 Å². The fourth-order valence-electron chi connectivity index (χ4n) is 4.16. The summed E-state index contributed by atoms with van der Waals surface area (Å²) in [5.41, 5.74) is 2.51. The van der Waals surface area contributed by atoms with Gasteiger partial charge in [0.05, 0.1) is 17.4 Å². The minimum absolute atomic E-state index is 0.0347. The highest BCUT2D eigenvalue weighted by atomic mass is 16.2. The smallest absolute Gasteiger partial charge is 0.248 e. The van der Waals surface area contributed by atoms with Crippen molar-refractivity contribution in [2.75, 3.05) is 10.2 Å². The van der Waals surface area contributed by atoms with E-state index in [1.165, 1.54) is 6.07 Å². The quantitative estimate of drug-likeness (QED) is 0.903. The molecule has 0 bridgehead atoms. The van der Waals surface area contributed by atoms with Crippen molar-refractivity contribution in [1.29, 1.82) is 0 Å². The second-order valence-corrected chi connectivity index (χ2v) is 7.19. The van der Waals surface area contributed by atoms with Gasteiger partial charge in [-0.15, -0.1) is 0 Å². The van der Waals surface area contributed by atoms with Crippen LogP contribution in [0.4, 0.5) is 11.4 Å². The lowest BCUT2D eigenvalue weighted by Gasteiger charge is -2.45. The van der Waals surface area contributed by atoms with Crippen LogP contribution in [0.25, 0.3) is 0 Å². The molecule has 1 saturated carbocycles. The summed E-state index contributed by atoms with van der Waals surface area (Å²) in [5, 5.41) is 3.58. The molecule has 25 heavy (non-hydrogen) atoms. The van der Waals surface area contributed by atoms with E-state index in [1.807, 2.05) is 35.2 Å². The molecule has 1 aromatic carbocycles. The zero-order valence-electron chi connectivity index (χ0n) is 14.5. The number of fused-ring (bicyclic) bond motifs is 1. The molecule has 2 heterocycles. The molecule has 5 heteroatoms. The van der Waals surface area contributed by atoms with E-state index in [1.54, 1.807) is 13.0 Å². The first-order valence-corrected chi connectivity index (χ1v) is 8.91. The van der Waals surface area contributed by atoms with E-state index in [9.17, 15) is 9.59 Å². The minimum Gasteiger partial charge on any atom is -0.376 e. The number of rotatable bonds is 3. The second-order valence-electron chi connectivity index (χ2n) is 7.19. The number of amides is 1. The molecule has 1 fully saturated rings. The van der Waals surface area contributed by atoms with Gasteiger partial charge in [0.25, 0.3) is 0 Å². The van der Waals surface area contributed by atoms with Crippen LogP contribution in [0.3, 0.4) is 0 Å². The van der Waals surface area contributed by atoms with Gasteiger partial charge in [-0.25, -0.2) is 0 Å². The van der Waals surface area contributed by atoms with E-state index < -0.39 is 0 Å². The molecule has 0 spiro atoms. The number of pyridine rings is 1. The number of hydrogen-bond donors (Lipinski definition) is 2. The van der Waals surface area contributed by atoms with Gasteiger partial charge < -0.3 is 15.2 Å². The number of aromatic nitrogens is 1. The molecule has 2 N–H and O–H groups in total. The molecule has 1 aliphatic carbocycles. The van der Waals surface area contributed by atoms with Crippen LogP contribution in [0.2, 0.25) is 0 Å². The standard InChI is InChI=1S/C20H23N3O2/c1-12-18(21-15-6-4-3-5-7-15)19-16(10-11-17(25)22-19)23(13(2)24)20(12)14-8-9-14/h3-7,10-12,14,18,20-21H,8-9H2,1-2H3,(H,22,25)/t12-,18-,20-/m1/s1. The van der Waals surface area contributed by atoms with Crippen molar-refractivity contribution in [3.05, 3.63) is 58.5 Å². The predicted octanol–water partition coefficient (Wildman–Crippen LogP) is 3.31. The molecule has 0 saturated heterocycles. The number of aromatic amines is 1. The summed E-state index contributed by atoms with van der Waals surface area (Å²) in [7, 11) is 0. The van der Waals surface area contributed by atoms with Gasteiger partial charge in [-0.1, -0.05) is 25.1 Å². The average molecular weight is 337 g/mol. The largest absolute Gasteiger partial charge is 0.376 e.